The number of fused-ring (bicyclic) bond motifs is 1. The van der Waals surface area contributed by atoms with Gasteiger partial charge in [-0.15, -0.1) is 0 Å². The van der Waals surface area contributed by atoms with Gasteiger partial charge in [0.05, 0.1) is 5.02 Å². The van der Waals surface area contributed by atoms with E-state index >= 15 is 0 Å². The Bertz CT molecular complexity index is 838. The maximum Gasteiger partial charge on any atom is 0.200 e. The van der Waals surface area contributed by atoms with E-state index in [0.717, 1.165) is 0 Å². The van der Waals surface area contributed by atoms with Crippen LogP contribution in [0.3, 0.4) is 0 Å². The third kappa shape index (κ3) is 3.44. The third-order valence-corrected chi connectivity index (χ3v) is 6.23. The highest BCUT2D eigenvalue weighted by Gasteiger charge is 2.35. The van der Waals surface area contributed by atoms with Crippen molar-refractivity contribution in [3.05, 3.63) is 23.0 Å². The first-order valence-corrected chi connectivity index (χ1v) is 9.55. The summed E-state index contributed by atoms with van der Waals surface area (Å²) in [5, 5.41) is 8.74. The van der Waals surface area contributed by atoms with Crippen LogP contribution in [0.4, 0.5) is 0 Å². The van der Waals surface area contributed by atoms with E-state index in [4.69, 9.17) is 20.8 Å². The molecular weight excluding hydrogens is 354 g/mol. The van der Waals surface area contributed by atoms with Crippen molar-refractivity contribution in [2.24, 2.45) is 0 Å². The van der Waals surface area contributed by atoms with Crippen molar-refractivity contribution in [3.63, 3.8) is 0 Å². The summed E-state index contributed by atoms with van der Waals surface area (Å²) in [6.45, 7) is 8.96. The van der Waals surface area contributed by atoms with Crippen molar-refractivity contribution in [1.82, 2.24) is 4.98 Å². The van der Waals surface area contributed by atoms with Crippen LogP contribution in [0.15, 0.2) is 21.4 Å². The number of oxazole rings is 1. The molecule has 0 amide bonds. The molecule has 0 saturated heterocycles. The molecule has 134 valence electrons. The number of halogens is 1. The molecule has 2 aromatic rings. The van der Waals surface area contributed by atoms with Crippen LogP contribution < -0.4 is 0 Å². The smallest absolute Gasteiger partial charge is 0.200 e. The molecule has 6 nitrogen and oxygen atoms in total. The van der Waals surface area contributed by atoms with Crippen LogP contribution in [-0.2, 0) is 20.0 Å². The van der Waals surface area contributed by atoms with Crippen molar-refractivity contribution < 1.29 is 22.7 Å². The fourth-order valence-corrected chi connectivity index (χ4v) is 4.15. The van der Waals surface area contributed by atoms with Gasteiger partial charge in [-0.3, -0.25) is 0 Å². The first-order chi connectivity index (χ1) is 11.0. The fourth-order valence-electron chi connectivity index (χ4n) is 2.18. The predicted molar refractivity (Wildman–Crippen MR) is 92.0 cm³/mol. The molecule has 1 heterocycles. The van der Waals surface area contributed by atoms with Gasteiger partial charge in [0.1, 0.15) is 15.7 Å². The van der Waals surface area contributed by atoms with Gasteiger partial charge in [0.15, 0.2) is 21.7 Å². The highest BCUT2D eigenvalue weighted by molar-refractivity contribution is 7.92. The first kappa shape index (κ1) is 19.2. The van der Waals surface area contributed by atoms with E-state index in [1.54, 1.807) is 13.0 Å². The molecule has 0 aliphatic carbocycles. The maximum atomic E-state index is 12.9. The number of benzene rings is 1. The van der Waals surface area contributed by atoms with Gasteiger partial charge in [-0.2, -0.15) is 0 Å². The molecule has 1 aromatic heterocycles. The molecule has 0 aliphatic heterocycles. The van der Waals surface area contributed by atoms with Crippen molar-refractivity contribution in [1.29, 1.82) is 0 Å². The van der Waals surface area contributed by atoms with Crippen LogP contribution in [0, 0.1) is 0 Å². The Balaban J connectivity index is 2.66. The average Bonchev–Trinajstić information content (AvgIpc) is 2.90. The Labute approximate surface area is 146 Å². The summed E-state index contributed by atoms with van der Waals surface area (Å²) in [4.78, 5) is 4.19. The lowest BCUT2D eigenvalue weighted by Gasteiger charge is -2.19. The Kier molecular flexibility index (Phi) is 5.30. The molecule has 24 heavy (non-hydrogen) atoms. The molecule has 0 fully saturated rings. The van der Waals surface area contributed by atoms with E-state index in [-0.39, 0.29) is 27.5 Å². The van der Waals surface area contributed by atoms with E-state index in [1.807, 2.05) is 20.8 Å². The maximum absolute atomic E-state index is 12.9. The standard InChI is InChI=1S/C16H22ClNO5S/c1-6-22-14(19)9(2)24(20,21)13-10(17)7-8-11-12(13)23-15(18-11)16(3,4)5/h7-9,14,19H,6H2,1-5H3. The predicted octanol–water partition coefficient (Wildman–Crippen LogP) is 3.30. The van der Waals surface area contributed by atoms with E-state index < -0.39 is 21.4 Å². The number of rotatable bonds is 5. The van der Waals surface area contributed by atoms with Crippen LogP contribution >= 0.6 is 11.6 Å². The van der Waals surface area contributed by atoms with Gasteiger partial charge in [-0.05, 0) is 26.0 Å². The highest BCUT2D eigenvalue weighted by atomic mass is 35.5. The number of aliphatic hydroxyl groups is 1. The van der Waals surface area contributed by atoms with E-state index in [9.17, 15) is 13.5 Å². The summed E-state index contributed by atoms with van der Waals surface area (Å²) in [5.41, 5.74) is 0.118. The minimum Gasteiger partial charge on any atom is -0.439 e. The highest BCUT2D eigenvalue weighted by Crippen LogP contribution is 2.36. The second-order valence-electron chi connectivity index (χ2n) is 6.59. The molecule has 0 aliphatic rings. The second-order valence-corrected chi connectivity index (χ2v) is 9.24. The van der Waals surface area contributed by atoms with E-state index in [2.05, 4.69) is 4.98 Å². The van der Waals surface area contributed by atoms with Crippen LogP contribution in [0.1, 0.15) is 40.5 Å². The van der Waals surface area contributed by atoms with Crippen molar-refractivity contribution in [2.45, 2.75) is 56.5 Å². The Morgan fingerprint density at radius 3 is 2.54 bits per heavy atom. The van der Waals surface area contributed by atoms with Crippen LogP contribution in [0.2, 0.25) is 5.02 Å². The van der Waals surface area contributed by atoms with Crippen LogP contribution in [0.5, 0.6) is 0 Å². The molecule has 2 rings (SSSR count). The number of hydrogen-bond donors (Lipinski definition) is 1. The first-order valence-electron chi connectivity index (χ1n) is 7.63. The van der Waals surface area contributed by atoms with E-state index in [0.29, 0.717) is 11.4 Å². The molecule has 1 aromatic carbocycles. The number of sulfone groups is 1. The van der Waals surface area contributed by atoms with Gasteiger partial charge in [0, 0.05) is 12.0 Å². The molecular formula is C16H22ClNO5S. The fraction of sp³-hybridized carbons (Fsp3) is 0.562. The normalized spacial score (nSPS) is 15.6. The lowest BCUT2D eigenvalue weighted by Crippen LogP contribution is -2.33. The summed E-state index contributed by atoms with van der Waals surface area (Å²) in [7, 11) is -3.99. The molecule has 2 unspecified atom stereocenters. The second kappa shape index (κ2) is 6.63. The van der Waals surface area contributed by atoms with E-state index in [1.165, 1.54) is 13.0 Å². The molecule has 0 bridgehead atoms. The zero-order valence-corrected chi connectivity index (χ0v) is 15.9. The van der Waals surface area contributed by atoms with Crippen LogP contribution in [0.25, 0.3) is 11.1 Å². The number of aliphatic hydroxyl groups excluding tert-OH is 1. The lowest BCUT2D eigenvalue weighted by molar-refractivity contribution is -0.0926. The van der Waals surface area contributed by atoms with Crippen molar-refractivity contribution >= 4 is 32.5 Å². The molecule has 2 atom stereocenters. The number of aromatic nitrogens is 1. The topological polar surface area (TPSA) is 89.6 Å². The van der Waals surface area contributed by atoms with Gasteiger partial charge in [-0.1, -0.05) is 32.4 Å². The molecule has 0 saturated carbocycles. The van der Waals surface area contributed by atoms with Crippen molar-refractivity contribution in [2.75, 3.05) is 6.61 Å². The van der Waals surface area contributed by atoms with Crippen molar-refractivity contribution in [3.8, 4) is 0 Å². The van der Waals surface area contributed by atoms with Crippen LogP contribution in [-0.4, -0.2) is 36.7 Å². The Morgan fingerprint density at radius 2 is 2.00 bits per heavy atom. The summed E-state index contributed by atoms with van der Waals surface area (Å²) in [6, 6.07) is 3.07. The van der Waals surface area contributed by atoms with Gasteiger partial charge in [0.2, 0.25) is 5.89 Å². The summed E-state index contributed by atoms with van der Waals surface area (Å²) < 4.78 is 36.6. The minimum atomic E-state index is -3.99. The quantitative estimate of drug-likeness (QED) is 0.806. The molecule has 0 radical (unpaired) electrons. The summed E-state index contributed by atoms with van der Waals surface area (Å²) >= 11 is 6.15. The largest absolute Gasteiger partial charge is 0.439 e. The SMILES string of the molecule is CCOC(O)C(C)S(=O)(=O)c1c(Cl)ccc2nc(C(C)(C)C)oc12. The lowest BCUT2D eigenvalue weighted by atomic mass is 9.97. The Morgan fingerprint density at radius 1 is 1.38 bits per heavy atom. The molecule has 8 heteroatoms. The zero-order chi connectivity index (χ0) is 18.3. The number of nitrogens with zero attached hydrogens (tertiary/aromatic N) is 1. The number of hydrogen-bond acceptors (Lipinski definition) is 6. The minimum absolute atomic E-state index is 0.0228. The number of ether oxygens (including phenoxy) is 1. The summed E-state index contributed by atoms with van der Waals surface area (Å²) in [5.74, 6) is 0.411. The molecule has 1 N–H and O–H groups in total. The Hall–Kier alpha value is -1.15. The monoisotopic (exact) mass is 375 g/mol. The zero-order valence-electron chi connectivity index (χ0n) is 14.3. The van der Waals surface area contributed by atoms with Gasteiger partial charge < -0.3 is 14.3 Å². The summed E-state index contributed by atoms with van der Waals surface area (Å²) in [6.07, 6.45) is -1.46. The third-order valence-electron chi connectivity index (χ3n) is 3.62. The van der Waals surface area contributed by atoms with Gasteiger partial charge >= 0.3 is 0 Å². The molecule has 0 spiro atoms. The average molecular weight is 376 g/mol. The van der Waals surface area contributed by atoms with Gasteiger partial charge in [-0.25, -0.2) is 13.4 Å². The van der Waals surface area contributed by atoms with Gasteiger partial charge in [0.25, 0.3) is 0 Å².